The zero-order valence-corrected chi connectivity index (χ0v) is 17.7. The molecule has 2 heterocycles. The molecule has 6 nitrogen and oxygen atoms in total. The maximum Gasteiger partial charge on any atom is 0.239 e. The van der Waals surface area contributed by atoms with Crippen molar-refractivity contribution in [3.05, 3.63) is 0 Å². The zero-order chi connectivity index (χ0) is 16.8. The molecule has 2 rings (SSSR count). The predicted octanol–water partition coefficient (Wildman–Crippen LogP) is 1.59. The maximum absolute atomic E-state index is 12.2. The van der Waals surface area contributed by atoms with Crippen molar-refractivity contribution < 1.29 is 4.79 Å². The van der Waals surface area contributed by atoms with Gasteiger partial charge in [-0.3, -0.25) is 14.7 Å². The van der Waals surface area contributed by atoms with Crippen LogP contribution >= 0.6 is 24.0 Å². The van der Waals surface area contributed by atoms with E-state index in [4.69, 9.17) is 5.73 Å². The summed E-state index contributed by atoms with van der Waals surface area (Å²) in [6.07, 6.45) is 5.47. The molecule has 0 aromatic heterocycles. The van der Waals surface area contributed by atoms with Gasteiger partial charge >= 0.3 is 0 Å². The van der Waals surface area contributed by atoms with Crippen molar-refractivity contribution in [1.82, 2.24) is 14.7 Å². The number of piperidine rings is 1. The molecule has 2 saturated heterocycles. The van der Waals surface area contributed by atoms with Crippen molar-refractivity contribution in [3.63, 3.8) is 0 Å². The lowest BCUT2D eigenvalue weighted by atomic mass is 10.00. The Balaban J connectivity index is 0.00000288. The van der Waals surface area contributed by atoms with E-state index in [0.29, 0.717) is 5.96 Å². The van der Waals surface area contributed by atoms with Crippen LogP contribution < -0.4 is 5.73 Å². The number of likely N-dealkylation sites (N-methyl/N-ethyl adjacent to an activating group) is 1. The second kappa shape index (κ2) is 10.4. The molecule has 1 unspecified atom stereocenters. The van der Waals surface area contributed by atoms with Gasteiger partial charge in [-0.2, -0.15) is 0 Å². The highest BCUT2D eigenvalue weighted by Crippen LogP contribution is 2.19. The monoisotopic (exact) mass is 451 g/mol. The van der Waals surface area contributed by atoms with E-state index >= 15 is 0 Å². The van der Waals surface area contributed by atoms with Crippen LogP contribution in [-0.4, -0.2) is 79.4 Å². The molecular weight excluding hydrogens is 417 g/mol. The Morgan fingerprint density at radius 2 is 1.88 bits per heavy atom. The first kappa shape index (κ1) is 21.5. The van der Waals surface area contributed by atoms with Crippen molar-refractivity contribution in [2.24, 2.45) is 16.6 Å². The molecule has 0 spiro atoms. The normalized spacial score (nSPS) is 23.2. The summed E-state index contributed by atoms with van der Waals surface area (Å²) >= 11 is 0. The van der Waals surface area contributed by atoms with Gasteiger partial charge < -0.3 is 15.5 Å². The van der Waals surface area contributed by atoms with Crippen molar-refractivity contribution in [3.8, 4) is 0 Å². The first-order valence-corrected chi connectivity index (χ1v) is 8.99. The SMILES string of the molecule is CC1CCN(C(N)=NCCCN2CCCC2C(=O)N(C)C)CC1.I. The van der Waals surface area contributed by atoms with Crippen LogP contribution in [0.25, 0.3) is 0 Å². The number of amides is 1. The van der Waals surface area contributed by atoms with Gasteiger partial charge in [0.05, 0.1) is 6.04 Å². The molecule has 0 saturated carbocycles. The number of carbonyl (C=O) groups is 1. The summed E-state index contributed by atoms with van der Waals surface area (Å²) in [7, 11) is 3.67. The third kappa shape index (κ3) is 6.06. The van der Waals surface area contributed by atoms with Crippen LogP contribution in [0.5, 0.6) is 0 Å². The third-order valence-electron chi connectivity index (χ3n) is 5.07. The summed E-state index contributed by atoms with van der Waals surface area (Å²) in [5, 5.41) is 0. The van der Waals surface area contributed by atoms with Crippen LogP contribution in [0.1, 0.15) is 39.0 Å². The van der Waals surface area contributed by atoms with Gasteiger partial charge in [0.2, 0.25) is 5.91 Å². The Morgan fingerprint density at radius 3 is 2.50 bits per heavy atom. The lowest BCUT2D eigenvalue weighted by molar-refractivity contribution is -0.133. The van der Waals surface area contributed by atoms with Gasteiger partial charge in [0.15, 0.2) is 5.96 Å². The van der Waals surface area contributed by atoms with Crippen molar-refractivity contribution in [1.29, 1.82) is 0 Å². The molecule has 0 aromatic carbocycles. The number of aliphatic imine (C=N–C) groups is 1. The van der Waals surface area contributed by atoms with Crippen LogP contribution in [0.4, 0.5) is 0 Å². The van der Waals surface area contributed by atoms with E-state index in [9.17, 15) is 4.79 Å². The van der Waals surface area contributed by atoms with E-state index in [2.05, 4.69) is 21.7 Å². The molecule has 2 N–H and O–H groups in total. The fourth-order valence-corrected chi connectivity index (χ4v) is 3.48. The number of rotatable bonds is 5. The van der Waals surface area contributed by atoms with Gasteiger partial charge in [0.1, 0.15) is 0 Å². The second-order valence-electron chi connectivity index (χ2n) is 7.19. The lowest BCUT2D eigenvalue weighted by Gasteiger charge is -2.31. The van der Waals surface area contributed by atoms with E-state index in [1.807, 2.05) is 14.1 Å². The fourth-order valence-electron chi connectivity index (χ4n) is 3.48. The van der Waals surface area contributed by atoms with Gasteiger partial charge in [-0.1, -0.05) is 6.92 Å². The Hall–Kier alpha value is -0.570. The molecule has 2 aliphatic rings. The van der Waals surface area contributed by atoms with Crippen molar-refractivity contribution in [2.45, 2.75) is 45.1 Å². The van der Waals surface area contributed by atoms with Crippen LogP contribution in [0.3, 0.4) is 0 Å². The summed E-state index contributed by atoms with van der Waals surface area (Å²) in [5.41, 5.74) is 6.10. The average Bonchev–Trinajstić information content (AvgIpc) is 2.99. The van der Waals surface area contributed by atoms with Crippen LogP contribution in [0.2, 0.25) is 0 Å². The summed E-state index contributed by atoms with van der Waals surface area (Å²) in [5.74, 6) is 1.73. The minimum absolute atomic E-state index is 0. The standard InChI is InChI=1S/C17H33N5O.HI/c1-14-7-12-22(13-8-14)17(18)19-9-5-11-21-10-4-6-15(21)16(23)20(2)3;/h14-15H,4-13H2,1-3H3,(H2,18,19);1H. The maximum atomic E-state index is 12.2. The van der Waals surface area contributed by atoms with E-state index in [-0.39, 0.29) is 35.9 Å². The second-order valence-corrected chi connectivity index (χ2v) is 7.19. The molecule has 7 heteroatoms. The van der Waals surface area contributed by atoms with Gasteiger partial charge in [-0.25, -0.2) is 0 Å². The summed E-state index contributed by atoms with van der Waals surface area (Å²) < 4.78 is 0. The molecule has 0 aromatic rings. The molecule has 2 aliphatic heterocycles. The van der Waals surface area contributed by atoms with Crippen LogP contribution in [0, 0.1) is 5.92 Å². The molecule has 1 atom stereocenters. The number of halogens is 1. The van der Waals surface area contributed by atoms with Crippen molar-refractivity contribution >= 4 is 35.8 Å². The molecule has 24 heavy (non-hydrogen) atoms. The molecule has 0 aliphatic carbocycles. The van der Waals surface area contributed by atoms with Gasteiger partial charge in [-0.15, -0.1) is 24.0 Å². The number of hydrogen-bond donors (Lipinski definition) is 1. The molecule has 0 bridgehead atoms. The fraction of sp³-hybridized carbons (Fsp3) is 0.882. The number of hydrogen-bond acceptors (Lipinski definition) is 3. The number of nitrogens with two attached hydrogens (primary N) is 1. The predicted molar refractivity (Wildman–Crippen MR) is 110 cm³/mol. The van der Waals surface area contributed by atoms with Gasteiger partial charge in [0, 0.05) is 40.3 Å². The van der Waals surface area contributed by atoms with Gasteiger partial charge in [-0.05, 0) is 44.6 Å². The van der Waals surface area contributed by atoms with Crippen LogP contribution in [-0.2, 0) is 4.79 Å². The van der Waals surface area contributed by atoms with Gasteiger partial charge in [0.25, 0.3) is 0 Å². The topological polar surface area (TPSA) is 65.2 Å². The summed E-state index contributed by atoms with van der Waals surface area (Å²) in [4.78, 5) is 22.9. The zero-order valence-electron chi connectivity index (χ0n) is 15.4. The van der Waals surface area contributed by atoms with E-state index < -0.39 is 0 Å². The lowest BCUT2D eigenvalue weighted by Crippen LogP contribution is -2.43. The highest BCUT2D eigenvalue weighted by molar-refractivity contribution is 14.0. The Bertz CT molecular complexity index is 421. The Labute approximate surface area is 163 Å². The number of likely N-dealkylation sites (tertiary alicyclic amines) is 2. The summed E-state index contributed by atoms with van der Waals surface area (Å²) in [6.45, 7) is 7.05. The highest BCUT2D eigenvalue weighted by Gasteiger charge is 2.30. The molecule has 0 radical (unpaired) electrons. The minimum atomic E-state index is 0. The number of carbonyl (C=O) groups excluding carboxylic acids is 1. The van der Waals surface area contributed by atoms with E-state index in [1.54, 1.807) is 4.90 Å². The molecule has 2 fully saturated rings. The highest BCUT2D eigenvalue weighted by atomic mass is 127. The minimum Gasteiger partial charge on any atom is -0.370 e. The molecule has 140 valence electrons. The first-order valence-electron chi connectivity index (χ1n) is 8.99. The van der Waals surface area contributed by atoms with Crippen molar-refractivity contribution in [2.75, 3.05) is 46.8 Å². The molecular formula is C17H34IN5O. The number of nitrogens with zero attached hydrogens (tertiary/aromatic N) is 4. The summed E-state index contributed by atoms with van der Waals surface area (Å²) in [6, 6.07) is 0.0647. The van der Waals surface area contributed by atoms with E-state index in [1.165, 1.54) is 12.8 Å². The Kier molecular flexibility index (Phi) is 9.33. The van der Waals surface area contributed by atoms with Crippen LogP contribution in [0.15, 0.2) is 4.99 Å². The number of guanidine groups is 1. The third-order valence-corrected chi connectivity index (χ3v) is 5.07. The largest absolute Gasteiger partial charge is 0.370 e. The quantitative estimate of drug-likeness (QED) is 0.299. The smallest absolute Gasteiger partial charge is 0.239 e. The average molecular weight is 451 g/mol. The first-order chi connectivity index (χ1) is 11.0. The Morgan fingerprint density at radius 1 is 1.21 bits per heavy atom. The van der Waals surface area contributed by atoms with E-state index in [0.717, 1.165) is 57.9 Å². The molecule has 1 amide bonds.